The molecule has 1 heterocycles. The third-order valence-corrected chi connectivity index (χ3v) is 4.80. The number of benzene rings is 1. The third-order valence-electron chi connectivity index (χ3n) is 3.35. The quantitative estimate of drug-likeness (QED) is 0.911. The second-order valence-corrected chi connectivity index (χ2v) is 6.76. The number of aromatic nitrogens is 2. The van der Waals surface area contributed by atoms with Gasteiger partial charge in [0.1, 0.15) is 0 Å². The predicted octanol–water partition coefficient (Wildman–Crippen LogP) is 3.79. The lowest BCUT2D eigenvalue weighted by molar-refractivity contribution is 0.678. The Hall–Kier alpha value is -0.970. The van der Waals surface area contributed by atoms with E-state index in [0.717, 1.165) is 22.3 Å². The molecule has 5 heteroatoms. The zero-order valence-corrected chi connectivity index (χ0v) is 13.3. The van der Waals surface area contributed by atoms with E-state index in [0.29, 0.717) is 6.04 Å². The highest BCUT2D eigenvalue weighted by molar-refractivity contribution is 7.99. The highest BCUT2D eigenvalue weighted by Gasteiger charge is 2.20. The van der Waals surface area contributed by atoms with Gasteiger partial charge in [0.15, 0.2) is 0 Å². The van der Waals surface area contributed by atoms with Crippen LogP contribution in [0.1, 0.15) is 24.1 Å². The molecule has 1 aliphatic rings. The first kappa shape index (κ1) is 14.0. The van der Waals surface area contributed by atoms with Crippen molar-refractivity contribution in [3.05, 3.63) is 40.5 Å². The molecule has 0 saturated heterocycles. The molecule has 0 radical (unpaired) electrons. The summed E-state index contributed by atoms with van der Waals surface area (Å²) in [7, 11) is 1.98. The van der Waals surface area contributed by atoms with Crippen LogP contribution < -0.4 is 5.32 Å². The molecule has 0 amide bonds. The van der Waals surface area contributed by atoms with Crippen molar-refractivity contribution in [2.45, 2.75) is 42.3 Å². The van der Waals surface area contributed by atoms with E-state index >= 15 is 0 Å². The fourth-order valence-corrected chi connectivity index (χ4v) is 3.34. The molecule has 0 unspecified atom stereocenters. The Balaban J connectivity index is 1.81. The average molecular weight is 308 g/mol. The third kappa shape index (κ3) is 3.37. The molecular weight excluding hydrogens is 290 g/mol. The van der Waals surface area contributed by atoms with Gasteiger partial charge in [0.25, 0.3) is 0 Å². The zero-order valence-electron chi connectivity index (χ0n) is 11.7. The molecule has 1 aromatic carbocycles. The molecule has 3 nitrogen and oxygen atoms in total. The number of hydrogen-bond acceptors (Lipinski definition) is 3. The Bertz CT molecular complexity index is 620. The molecule has 0 bridgehead atoms. The number of nitrogens with zero attached hydrogens (tertiary/aromatic N) is 2. The van der Waals surface area contributed by atoms with Gasteiger partial charge in [0.2, 0.25) is 0 Å². The van der Waals surface area contributed by atoms with E-state index in [9.17, 15) is 0 Å². The first-order valence-corrected chi connectivity index (χ1v) is 8.01. The second-order valence-electron chi connectivity index (χ2n) is 5.26. The standard InChI is InChI=1S/C15H18ClN3S/c1-10-7-15(19(2)18-10)20-14-6-3-12(16)8-11(14)9-17-13-4-5-13/h3,6-8,13,17H,4-5,9H2,1-2H3. The van der Waals surface area contributed by atoms with Crippen LogP contribution in [-0.2, 0) is 13.6 Å². The van der Waals surface area contributed by atoms with Gasteiger partial charge in [-0.3, -0.25) is 4.68 Å². The Labute approximate surface area is 128 Å². The van der Waals surface area contributed by atoms with Crippen LogP contribution in [0.15, 0.2) is 34.2 Å². The zero-order chi connectivity index (χ0) is 14.1. The van der Waals surface area contributed by atoms with Crippen molar-refractivity contribution in [2.75, 3.05) is 0 Å². The Morgan fingerprint density at radius 3 is 2.85 bits per heavy atom. The Kier molecular flexibility index (Phi) is 4.06. The largest absolute Gasteiger partial charge is 0.310 e. The molecule has 0 atom stereocenters. The Morgan fingerprint density at radius 1 is 1.40 bits per heavy atom. The molecule has 20 heavy (non-hydrogen) atoms. The fraction of sp³-hybridized carbons (Fsp3) is 0.400. The first-order valence-electron chi connectivity index (χ1n) is 6.82. The highest BCUT2D eigenvalue weighted by Crippen LogP contribution is 2.32. The lowest BCUT2D eigenvalue weighted by atomic mass is 10.2. The van der Waals surface area contributed by atoms with Crippen LogP contribution in [0.2, 0.25) is 5.02 Å². The normalized spacial score (nSPS) is 14.8. The molecule has 1 N–H and O–H groups in total. The maximum Gasteiger partial charge on any atom is 0.0987 e. The molecular formula is C15H18ClN3S. The summed E-state index contributed by atoms with van der Waals surface area (Å²) < 4.78 is 1.92. The monoisotopic (exact) mass is 307 g/mol. The van der Waals surface area contributed by atoms with Gasteiger partial charge in [0.05, 0.1) is 10.7 Å². The van der Waals surface area contributed by atoms with Crippen molar-refractivity contribution in [3.8, 4) is 0 Å². The Morgan fingerprint density at radius 2 is 2.20 bits per heavy atom. The summed E-state index contributed by atoms with van der Waals surface area (Å²) in [6, 6.07) is 8.91. The smallest absolute Gasteiger partial charge is 0.0987 e. The summed E-state index contributed by atoms with van der Waals surface area (Å²) in [5, 5.41) is 9.89. The van der Waals surface area contributed by atoms with Gasteiger partial charge in [0, 0.05) is 29.6 Å². The summed E-state index contributed by atoms with van der Waals surface area (Å²) in [6.45, 7) is 2.89. The maximum atomic E-state index is 6.13. The number of hydrogen-bond donors (Lipinski definition) is 1. The van der Waals surface area contributed by atoms with Crippen LogP contribution in [0.3, 0.4) is 0 Å². The van der Waals surface area contributed by atoms with E-state index in [1.54, 1.807) is 11.8 Å². The average Bonchev–Trinajstić information content (AvgIpc) is 3.16. The van der Waals surface area contributed by atoms with Crippen LogP contribution in [0.4, 0.5) is 0 Å². The van der Waals surface area contributed by atoms with Gasteiger partial charge in [-0.15, -0.1) is 0 Å². The van der Waals surface area contributed by atoms with Crippen molar-refractivity contribution in [1.82, 2.24) is 15.1 Å². The first-order chi connectivity index (χ1) is 9.61. The minimum atomic E-state index is 0.700. The lowest BCUT2D eigenvalue weighted by Gasteiger charge is -2.10. The lowest BCUT2D eigenvalue weighted by Crippen LogP contribution is -2.15. The van der Waals surface area contributed by atoms with Crippen molar-refractivity contribution in [2.24, 2.45) is 7.05 Å². The van der Waals surface area contributed by atoms with Crippen LogP contribution >= 0.6 is 23.4 Å². The van der Waals surface area contributed by atoms with Gasteiger partial charge in [-0.2, -0.15) is 5.10 Å². The molecule has 3 rings (SSSR count). The van der Waals surface area contributed by atoms with Crippen molar-refractivity contribution in [1.29, 1.82) is 0 Å². The molecule has 2 aromatic rings. The second kappa shape index (κ2) is 5.80. The van der Waals surface area contributed by atoms with Crippen LogP contribution in [0, 0.1) is 6.92 Å². The van der Waals surface area contributed by atoms with E-state index in [1.165, 1.54) is 23.3 Å². The van der Waals surface area contributed by atoms with Crippen molar-refractivity contribution < 1.29 is 0 Å². The molecule has 0 aliphatic heterocycles. The summed E-state index contributed by atoms with van der Waals surface area (Å²) >= 11 is 7.88. The molecule has 1 saturated carbocycles. The maximum absolute atomic E-state index is 6.13. The molecule has 1 aliphatic carbocycles. The van der Waals surface area contributed by atoms with Gasteiger partial charge >= 0.3 is 0 Å². The number of nitrogens with one attached hydrogen (secondary N) is 1. The topological polar surface area (TPSA) is 29.9 Å². The van der Waals surface area contributed by atoms with E-state index in [1.807, 2.05) is 24.7 Å². The molecule has 1 aromatic heterocycles. The minimum absolute atomic E-state index is 0.700. The minimum Gasteiger partial charge on any atom is -0.310 e. The van der Waals surface area contributed by atoms with E-state index in [4.69, 9.17) is 11.6 Å². The molecule has 0 spiro atoms. The highest BCUT2D eigenvalue weighted by atomic mass is 35.5. The summed E-state index contributed by atoms with van der Waals surface area (Å²) in [5.74, 6) is 0. The van der Waals surface area contributed by atoms with E-state index < -0.39 is 0 Å². The number of rotatable bonds is 5. The van der Waals surface area contributed by atoms with Crippen molar-refractivity contribution >= 4 is 23.4 Å². The van der Waals surface area contributed by atoms with Crippen LogP contribution in [0.5, 0.6) is 0 Å². The number of halogens is 1. The predicted molar refractivity (Wildman–Crippen MR) is 83.4 cm³/mol. The van der Waals surface area contributed by atoms with Gasteiger partial charge < -0.3 is 5.32 Å². The summed E-state index contributed by atoms with van der Waals surface area (Å²) in [4.78, 5) is 1.24. The van der Waals surface area contributed by atoms with E-state index in [2.05, 4.69) is 28.6 Å². The van der Waals surface area contributed by atoms with Crippen molar-refractivity contribution in [3.63, 3.8) is 0 Å². The molecule has 1 fully saturated rings. The molecule has 106 valence electrons. The van der Waals surface area contributed by atoms with Gasteiger partial charge in [-0.25, -0.2) is 0 Å². The van der Waals surface area contributed by atoms with Crippen LogP contribution in [-0.4, -0.2) is 15.8 Å². The summed E-state index contributed by atoms with van der Waals surface area (Å²) in [6.07, 6.45) is 2.59. The van der Waals surface area contributed by atoms with Crippen LogP contribution in [0.25, 0.3) is 0 Å². The fourth-order valence-electron chi connectivity index (χ4n) is 2.12. The number of aryl methyl sites for hydroxylation is 2. The summed E-state index contributed by atoms with van der Waals surface area (Å²) in [5.41, 5.74) is 2.30. The van der Waals surface area contributed by atoms with E-state index in [-0.39, 0.29) is 0 Å². The van der Waals surface area contributed by atoms with Gasteiger partial charge in [-0.1, -0.05) is 23.4 Å². The SMILES string of the molecule is Cc1cc(Sc2ccc(Cl)cc2CNC2CC2)n(C)n1. The van der Waals surface area contributed by atoms with Gasteiger partial charge in [-0.05, 0) is 49.6 Å².